The number of aryl methyl sites for hydroxylation is 1. The second kappa shape index (κ2) is 11.8. The topological polar surface area (TPSA) is 84.9 Å². The number of sulfonamides is 1. The molecule has 3 aromatic carbocycles. The molecule has 7 nitrogen and oxygen atoms in total. The van der Waals surface area contributed by atoms with Crippen LogP contribution in [0.2, 0.25) is 5.02 Å². The second-order valence-corrected chi connectivity index (χ2v) is 9.63. The van der Waals surface area contributed by atoms with Crippen LogP contribution in [0.1, 0.15) is 12.5 Å². The van der Waals surface area contributed by atoms with Gasteiger partial charge in [-0.05, 0) is 61.9 Å². The highest BCUT2D eigenvalue weighted by Gasteiger charge is 2.29. The van der Waals surface area contributed by atoms with E-state index in [-0.39, 0.29) is 23.7 Å². The third kappa shape index (κ3) is 6.42. The maximum Gasteiger partial charge on any atom is 0.264 e. The Morgan fingerprint density at radius 3 is 2.26 bits per heavy atom. The largest absolute Gasteiger partial charge is 0.492 e. The fourth-order valence-corrected chi connectivity index (χ4v) is 4.79. The van der Waals surface area contributed by atoms with Crippen molar-refractivity contribution >= 4 is 33.2 Å². The number of amides is 1. The molecule has 0 aliphatic rings. The summed E-state index contributed by atoms with van der Waals surface area (Å²) < 4.78 is 39.4. The fourth-order valence-electron chi connectivity index (χ4n) is 3.23. The minimum Gasteiger partial charge on any atom is -0.492 e. The Hall–Kier alpha value is -3.23. The Bertz CT molecular complexity index is 1220. The van der Waals surface area contributed by atoms with Crippen LogP contribution < -0.4 is 19.1 Å². The molecule has 9 heteroatoms. The summed E-state index contributed by atoms with van der Waals surface area (Å²) in [4.78, 5) is 12.8. The van der Waals surface area contributed by atoms with Crippen molar-refractivity contribution in [2.45, 2.75) is 18.7 Å². The molecule has 180 valence electrons. The molecule has 0 aliphatic heterocycles. The predicted molar refractivity (Wildman–Crippen MR) is 133 cm³/mol. The first-order valence-corrected chi connectivity index (χ1v) is 12.6. The summed E-state index contributed by atoms with van der Waals surface area (Å²) in [5, 5.41) is 3.13. The number of anilines is 1. The first-order valence-electron chi connectivity index (χ1n) is 10.8. The van der Waals surface area contributed by atoms with Gasteiger partial charge in [0.05, 0.1) is 23.7 Å². The molecule has 0 atom stereocenters. The third-order valence-electron chi connectivity index (χ3n) is 4.90. The van der Waals surface area contributed by atoms with Gasteiger partial charge in [-0.25, -0.2) is 8.42 Å². The van der Waals surface area contributed by atoms with Crippen LogP contribution in [-0.2, 0) is 14.8 Å². The van der Waals surface area contributed by atoms with Crippen molar-refractivity contribution in [2.24, 2.45) is 0 Å². The van der Waals surface area contributed by atoms with Gasteiger partial charge in [0.1, 0.15) is 24.7 Å². The maximum atomic E-state index is 13.5. The fraction of sp³-hybridized carbons (Fsp3) is 0.240. The summed E-state index contributed by atoms with van der Waals surface area (Å²) in [7, 11) is -4.08. The van der Waals surface area contributed by atoms with E-state index in [1.807, 2.05) is 31.2 Å². The van der Waals surface area contributed by atoms with E-state index < -0.39 is 22.5 Å². The van der Waals surface area contributed by atoms with Gasteiger partial charge in [-0.1, -0.05) is 41.9 Å². The molecular weight excluding hydrogens is 476 g/mol. The molecular formula is C25H27ClN2O5S. The molecule has 3 aromatic rings. The zero-order valence-electron chi connectivity index (χ0n) is 19.0. The molecule has 0 spiro atoms. The lowest BCUT2D eigenvalue weighted by atomic mass is 10.2. The normalized spacial score (nSPS) is 11.0. The van der Waals surface area contributed by atoms with Gasteiger partial charge in [0, 0.05) is 5.02 Å². The second-order valence-electron chi connectivity index (χ2n) is 7.33. The highest BCUT2D eigenvalue weighted by atomic mass is 35.5. The number of ether oxygens (including phenoxy) is 2. The summed E-state index contributed by atoms with van der Waals surface area (Å²) in [6.07, 6.45) is 0. The van der Waals surface area contributed by atoms with Crippen LogP contribution >= 0.6 is 11.6 Å². The molecule has 1 N–H and O–H groups in total. The van der Waals surface area contributed by atoms with E-state index in [1.165, 1.54) is 24.3 Å². The van der Waals surface area contributed by atoms with Crippen LogP contribution in [0.5, 0.6) is 11.5 Å². The summed E-state index contributed by atoms with van der Waals surface area (Å²) in [5.41, 5.74) is 1.26. The molecule has 0 fully saturated rings. The smallest absolute Gasteiger partial charge is 0.264 e. The van der Waals surface area contributed by atoms with Crippen LogP contribution in [0.3, 0.4) is 0 Å². The standard InChI is InChI=1S/C25H27ClN2O5S/c1-3-32-24-11-7-5-9-22(24)28(34(30,31)21-14-12-20(26)13-15-21)18-25(29)27-16-17-33-23-10-6-4-8-19(23)2/h4-15H,3,16-18H2,1-2H3,(H,27,29). The van der Waals surface area contributed by atoms with Gasteiger partial charge in [-0.2, -0.15) is 0 Å². The van der Waals surface area contributed by atoms with Crippen molar-refractivity contribution in [2.75, 3.05) is 30.6 Å². The number of rotatable bonds is 11. The highest BCUT2D eigenvalue weighted by molar-refractivity contribution is 7.92. The number of nitrogens with one attached hydrogen (secondary N) is 1. The zero-order chi connectivity index (χ0) is 24.6. The Kier molecular flexibility index (Phi) is 8.79. The quantitative estimate of drug-likeness (QED) is 0.392. The zero-order valence-corrected chi connectivity index (χ0v) is 20.6. The minimum absolute atomic E-state index is 0.0129. The van der Waals surface area contributed by atoms with Gasteiger partial charge in [0.25, 0.3) is 10.0 Å². The van der Waals surface area contributed by atoms with E-state index in [2.05, 4.69) is 5.32 Å². The van der Waals surface area contributed by atoms with Gasteiger partial charge in [0.15, 0.2) is 0 Å². The van der Waals surface area contributed by atoms with Crippen LogP contribution in [0.25, 0.3) is 0 Å². The van der Waals surface area contributed by atoms with Gasteiger partial charge < -0.3 is 14.8 Å². The van der Waals surface area contributed by atoms with Crippen LogP contribution in [0.4, 0.5) is 5.69 Å². The molecule has 0 saturated carbocycles. The van der Waals surface area contributed by atoms with E-state index in [0.717, 1.165) is 15.6 Å². The van der Waals surface area contributed by atoms with Gasteiger partial charge in [-0.3, -0.25) is 9.10 Å². The molecule has 0 radical (unpaired) electrons. The van der Waals surface area contributed by atoms with E-state index in [1.54, 1.807) is 31.2 Å². The van der Waals surface area contributed by atoms with Crippen molar-refractivity contribution in [1.29, 1.82) is 0 Å². The lowest BCUT2D eigenvalue weighted by Crippen LogP contribution is -2.42. The number of halogens is 1. The molecule has 0 bridgehead atoms. The number of nitrogens with zero attached hydrogens (tertiary/aromatic N) is 1. The number of hydrogen-bond donors (Lipinski definition) is 1. The summed E-state index contributed by atoms with van der Waals surface area (Å²) in [6.45, 7) is 4.11. The van der Waals surface area contributed by atoms with Gasteiger partial charge in [-0.15, -0.1) is 0 Å². The predicted octanol–water partition coefficient (Wildman–Crippen LogP) is 4.44. The molecule has 0 aliphatic carbocycles. The molecule has 34 heavy (non-hydrogen) atoms. The average Bonchev–Trinajstić information content (AvgIpc) is 2.82. The first-order chi connectivity index (χ1) is 16.3. The molecule has 1 amide bonds. The van der Waals surface area contributed by atoms with Crippen molar-refractivity contribution in [3.63, 3.8) is 0 Å². The van der Waals surface area contributed by atoms with Crippen molar-refractivity contribution in [3.05, 3.63) is 83.4 Å². The van der Waals surface area contributed by atoms with E-state index in [0.29, 0.717) is 17.4 Å². The minimum atomic E-state index is -4.08. The molecule has 3 rings (SSSR count). The molecule has 0 unspecified atom stereocenters. The number of para-hydroxylation sites is 3. The van der Waals surface area contributed by atoms with E-state index in [9.17, 15) is 13.2 Å². The number of benzene rings is 3. The van der Waals surface area contributed by atoms with Crippen molar-refractivity contribution in [3.8, 4) is 11.5 Å². The van der Waals surface area contributed by atoms with Crippen LogP contribution in [0.15, 0.2) is 77.7 Å². The monoisotopic (exact) mass is 502 g/mol. The van der Waals surface area contributed by atoms with Crippen molar-refractivity contribution < 1.29 is 22.7 Å². The third-order valence-corrected chi connectivity index (χ3v) is 6.92. The summed E-state index contributed by atoms with van der Waals surface area (Å²) in [5.74, 6) is 0.616. The number of hydrogen-bond acceptors (Lipinski definition) is 5. The summed E-state index contributed by atoms with van der Waals surface area (Å²) in [6, 6.07) is 20.1. The SMILES string of the molecule is CCOc1ccccc1N(CC(=O)NCCOc1ccccc1C)S(=O)(=O)c1ccc(Cl)cc1. The number of carbonyl (C=O) groups excluding carboxylic acids is 1. The number of carbonyl (C=O) groups is 1. The van der Waals surface area contributed by atoms with Gasteiger partial charge >= 0.3 is 0 Å². The van der Waals surface area contributed by atoms with E-state index in [4.69, 9.17) is 21.1 Å². The molecule has 0 aromatic heterocycles. The Labute approximate surface area is 205 Å². The summed E-state index contributed by atoms with van der Waals surface area (Å²) >= 11 is 5.93. The Balaban J connectivity index is 1.78. The Morgan fingerprint density at radius 2 is 1.59 bits per heavy atom. The van der Waals surface area contributed by atoms with Crippen LogP contribution in [-0.4, -0.2) is 40.6 Å². The lowest BCUT2D eigenvalue weighted by Gasteiger charge is -2.26. The first kappa shape index (κ1) is 25.4. The maximum absolute atomic E-state index is 13.5. The average molecular weight is 503 g/mol. The van der Waals surface area contributed by atoms with E-state index >= 15 is 0 Å². The van der Waals surface area contributed by atoms with Gasteiger partial charge in [0.2, 0.25) is 5.91 Å². The molecule has 0 saturated heterocycles. The molecule has 0 heterocycles. The Morgan fingerprint density at radius 1 is 0.941 bits per heavy atom. The van der Waals surface area contributed by atoms with Crippen molar-refractivity contribution in [1.82, 2.24) is 5.32 Å². The lowest BCUT2D eigenvalue weighted by molar-refractivity contribution is -0.119. The highest BCUT2D eigenvalue weighted by Crippen LogP contribution is 2.32. The van der Waals surface area contributed by atoms with Crippen LogP contribution in [0, 0.1) is 6.92 Å².